The fraction of sp³-hybridized carbons (Fsp3) is 0.909. The predicted octanol–water partition coefficient (Wildman–Crippen LogP) is 2.68. The molecule has 0 aliphatic heterocycles. The van der Waals surface area contributed by atoms with Gasteiger partial charge in [0.15, 0.2) is 0 Å². The topological polar surface area (TPSA) is 37.3 Å². The van der Waals surface area contributed by atoms with E-state index in [1.165, 1.54) is 32.1 Å². The van der Waals surface area contributed by atoms with Crippen molar-refractivity contribution in [3.8, 4) is 0 Å². The summed E-state index contributed by atoms with van der Waals surface area (Å²) < 4.78 is 0. The highest BCUT2D eigenvalue weighted by atomic mass is 16.4. The average molecular weight is 182 g/mol. The number of hydrogen-bond acceptors (Lipinski definition) is 1. The van der Waals surface area contributed by atoms with E-state index in [4.69, 9.17) is 5.11 Å². The van der Waals surface area contributed by atoms with Crippen LogP contribution in [0.5, 0.6) is 0 Å². The first-order valence-corrected chi connectivity index (χ1v) is 5.50. The lowest BCUT2D eigenvalue weighted by Crippen LogP contribution is -2.31. The maximum absolute atomic E-state index is 10.8. The van der Waals surface area contributed by atoms with E-state index < -0.39 is 5.97 Å². The van der Waals surface area contributed by atoms with Gasteiger partial charge in [-0.2, -0.15) is 0 Å². The molecule has 0 aromatic rings. The van der Waals surface area contributed by atoms with Gasteiger partial charge in [0.2, 0.25) is 0 Å². The molecule has 0 radical (unpaired) electrons. The van der Waals surface area contributed by atoms with Gasteiger partial charge < -0.3 is 5.11 Å². The molecular weight excluding hydrogens is 164 g/mol. The van der Waals surface area contributed by atoms with Gasteiger partial charge in [-0.25, -0.2) is 0 Å². The minimum atomic E-state index is -0.566. The van der Waals surface area contributed by atoms with Gasteiger partial charge in [0, 0.05) is 0 Å². The van der Waals surface area contributed by atoms with Crippen LogP contribution < -0.4 is 0 Å². The molecule has 0 amide bonds. The van der Waals surface area contributed by atoms with E-state index in [0.29, 0.717) is 0 Å². The molecule has 2 nitrogen and oxygen atoms in total. The van der Waals surface area contributed by atoms with Crippen molar-refractivity contribution < 1.29 is 9.90 Å². The summed E-state index contributed by atoms with van der Waals surface area (Å²) in [6.45, 7) is 0. The molecule has 1 N–H and O–H groups in total. The van der Waals surface area contributed by atoms with Crippen LogP contribution in [0.15, 0.2) is 0 Å². The summed E-state index contributed by atoms with van der Waals surface area (Å²) in [5, 5.41) is 8.93. The van der Waals surface area contributed by atoms with E-state index in [0.717, 1.165) is 24.7 Å². The lowest BCUT2D eigenvalue weighted by molar-refractivity contribution is -0.144. The van der Waals surface area contributed by atoms with Crippen LogP contribution in [0.3, 0.4) is 0 Å². The van der Waals surface area contributed by atoms with E-state index in [-0.39, 0.29) is 5.92 Å². The van der Waals surface area contributed by atoms with E-state index >= 15 is 0 Å². The minimum Gasteiger partial charge on any atom is -0.481 e. The minimum absolute atomic E-state index is 0.0284. The fourth-order valence-electron chi connectivity index (χ4n) is 3.10. The van der Waals surface area contributed by atoms with Crippen molar-refractivity contribution in [2.75, 3.05) is 0 Å². The molecule has 0 heterocycles. The van der Waals surface area contributed by atoms with Crippen LogP contribution in [-0.2, 0) is 4.79 Å². The average Bonchev–Trinajstić information content (AvgIpc) is 2.17. The van der Waals surface area contributed by atoms with Gasteiger partial charge >= 0.3 is 5.97 Å². The van der Waals surface area contributed by atoms with Gasteiger partial charge in [0.05, 0.1) is 5.92 Å². The molecule has 0 spiro atoms. The molecule has 3 atom stereocenters. The third kappa shape index (κ3) is 1.87. The second-order valence-electron chi connectivity index (χ2n) is 4.65. The van der Waals surface area contributed by atoms with Gasteiger partial charge in [-0.15, -0.1) is 0 Å². The summed E-state index contributed by atoms with van der Waals surface area (Å²) in [5.41, 5.74) is 0. The number of carboxylic acids is 1. The lowest BCUT2D eigenvalue weighted by atomic mass is 9.67. The summed E-state index contributed by atoms with van der Waals surface area (Å²) in [5.74, 6) is 1.01. The first-order valence-electron chi connectivity index (χ1n) is 5.50. The molecule has 2 saturated carbocycles. The Bertz CT molecular complexity index is 200. The van der Waals surface area contributed by atoms with Crippen molar-refractivity contribution in [2.45, 2.75) is 44.9 Å². The summed E-state index contributed by atoms with van der Waals surface area (Å²) in [4.78, 5) is 10.8. The van der Waals surface area contributed by atoms with Crippen LogP contribution in [0.1, 0.15) is 44.9 Å². The molecule has 0 bridgehead atoms. The maximum Gasteiger partial charge on any atom is 0.306 e. The first-order chi connectivity index (χ1) is 6.27. The SMILES string of the molecule is O=C(O)[C@@H]1CC[C@@H]2CCCCC2C1. The Morgan fingerprint density at radius 2 is 1.69 bits per heavy atom. The Labute approximate surface area is 79.3 Å². The Balaban J connectivity index is 1.95. The van der Waals surface area contributed by atoms with E-state index in [9.17, 15) is 4.79 Å². The Hall–Kier alpha value is -0.530. The second kappa shape index (κ2) is 3.69. The maximum atomic E-state index is 10.8. The Morgan fingerprint density at radius 1 is 1.00 bits per heavy atom. The van der Waals surface area contributed by atoms with Crippen molar-refractivity contribution in [3.05, 3.63) is 0 Å². The van der Waals surface area contributed by atoms with Crippen LogP contribution in [0.25, 0.3) is 0 Å². The largest absolute Gasteiger partial charge is 0.481 e. The van der Waals surface area contributed by atoms with Crippen molar-refractivity contribution in [2.24, 2.45) is 17.8 Å². The molecule has 2 fully saturated rings. The Kier molecular flexibility index (Phi) is 2.56. The van der Waals surface area contributed by atoms with Crippen molar-refractivity contribution >= 4 is 5.97 Å². The van der Waals surface area contributed by atoms with Crippen LogP contribution in [0.4, 0.5) is 0 Å². The van der Waals surface area contributed by atoms with Gasteiger partial charge in [-0.05, 0) is 31.1 Å². The molecule has 0 aromatic carbocycles. The number of carbonyl (C=O) groups is 1. The lowest BCUT2D eigenvalue weighted by Gasteiger charge is -2.37. The molecule has 0 saturated heterocycles. The van der Waals surface area contributed by atoms with Gasteiger partial charge in [-0.1, -0.05) is 25.7 Å². The highest BCUT2D eigenvalue weighted by Crippen LogP contribution is 2.42. The molecule has 2 rings (SSSR count). The molecule has 13 heavy (non-hydrogen) atoms. The van der Waals surface area contributed by atoms with Gasteiger partial charge in [0.25, 0.3) is 0 Å². The molecule has 2 aliphatic carbocycles. The zero-order valence-corrected chi connectivity index (χ0v) is 8.04. The standard InChI is InChI=1S/C11H18O2/c12-11(13)10-6-5-8-3-1-2-4-9(8)7-10/h8-10H,1-7H2,(H,12,13)/t8-,9?,10+/m0/s1. The number of hydrogen-bond donors (Lipinski definition) is 1. The molecule has 74 valence electrons. The van der Waals surface area contributed by atoms with Gasteiger partial charge in [0.1, 0.15) is 0 Å². The van der Waals surface area contributed by atoms with Crippen LogP contribution in [-0.4, -0.2) is 11.1 Å². The van der Waals surface area contributed by atoms with Crippen molar-refractivity contribution in [1.29, 1.82) is 0 Å². The molecule has 0 aromatic heterocycles. The molecule has 2 aliphatic rings. The summed E-state index contributed by atoms with van der Waals surface area (Å²) in [6.07, 6.45) is 8.40. The Morgan fingerprint density at radius 3 is 2.38 bits per heavy atom. The van der Waals surface area contributed by atoms with Crippen LogP contribution in [0.2, 0.25) is 0 Å². The third-order valence-corrected chi connectivity index (χ3v) is 3.89. The van der Waals surface area contributed by atoms with E-state index in [1.54, 1.807) is 0 Å². The van der Waals surface area contributed by atoms with Crippen molar-refractivity contribution in [3.63, 3.8) is 0 Å². The quantitative estimate of drug-likeness (QED) is 0.677. The predicted molar refractivity (Wildman–Crippen MR) is 50.4 cm³/mol. The first kappa shape index (κ1) is 9.04. The number of fused-ring (bicyclic) bond motifs is 1. The second-order valence-corrected chi connectivity index (χ2v) is 4.65. The highest BCUT2D eigenvalue weighted by Gasteiger charge is 2.34. The molecule has 2 heteroatoms. The summed E-state index contributed by atoms with van der Waals surface area (Å²) in [7, 11) is 0. The van der Waals surface area contributed by atoms with Gasteiger partial charge in [-0.3, -0.25) is 4.79 Å². The summed E-state index contributed by atoms with van der Waals surface area (Å²) in [6, 6.07) is 0. The highest BCUT2D eigenvalue weighted by molar-refractivity contribution is 5.70. The smallest absolute Gasteiger partial charge is 0.306 e. The zero-order chi connectivity index (χ0) is 9.26. The molecule has 1 unspecified atom stereocenters. The van der Waals surface area contributed by atoms with Crippen molar-refractivity contribution in [1.82, 2.24) is 0 Å². The normalized spacial score (nSPS) is 39.5. The van der Waals surface area contributed by atoms with Crippen LogP contribution in [0, 0.1) is 17.8 Å². The number of aliphatic carboxylic acids is 1. The van der Waals surface area contributed by atoms with E-state index in [1.807, 2.05) is 0 Å². The monoisotopic (exact) mass is 182 g/mol. The van der Waals surface area contributed by atoms with Crippen LogP contribution >= 0.6 is 0 Å². The zero-order valence-electron chi connectivity index (χ0n) is 8.04. The summed E-state index contributed by atoms with van der Waals surface area (Å²) >= 11 is 0. The number of carboxylic acid groups (broad SMARTS) is 1. The fourth-order valence-corrected chi connectivity index (χ4v) is 3.10. The third-order valence-electron chi connectivity index (χ3n) is 3.89. The number of rotatable bonds is 1. The van der Waals surface area contributed by atoms with E-state index in [2.05, 4.69) is 0 Å². The molecular formula is C11H18O2.